The Morgan fingerprint density at radius 1 is 1.00 bits per heavy atom. The molecule has 0 unspecified atom stereocenters. The SMILES string of the molecule is O=C(CN(Cc1ccccc1)S(=O)(=O)c1ccc(Br)cc1)N/N=C\c1ccc(Cl)c(Cl)c1. The van der Waals surface area contributed by atoms with Crippen molar-refractivity contribution in [2.45, 2.75) is 11.4 Å². The average Bonchev–Trinajstić information content (AvgIpc) is 2.77. The van der Waals surface area contributed by atoms with E-state index in [1.807, 2.05) is 6.07 Å². The van der Waals surface area contributed by atoms with Crippen molar-refractivity contribution < 1.29 is 13.2 Å². The van der Waals surface area contributed by atoms with Crippen LogP contribution in [0.1, 0.15) is 11.1 Å². The molecule has 6 nitrogen and oxygen atoms in total. The van der Waals surface area contributed by atoms with Crippen LogP contribution in [0.4, 0.5) is 0 Å². The summed E-state index contributed by atoms with van der Waals surface area (Å²) in [5.74, 6) is -0.585. The standard InChI is InChI=1S/C22H18BrCl2N3O3S/c23-18-7-9-19(10-8-18)32(30,31)28(14-16-4-2-1-3-5-16)15-22(29)27-26-13-17-6-11-20(24)21(25)12-17/h1-13H,14-15H2,(H,27,29)/b26-13-. The quantitative estimate of drug-likeness (QED) is 0.311. The summed E-state index contributed by atoms with van der Waals surface area (Å²) >= 11 is 15.1. The molecule has 1 N–H and O–H groups in total. The Hall–Kier alpha value is -2.23. The third-order valence-electron chi connectivity index (χ3n) is 4.32. The van der Waals surface area contributed by atoms with Gasteiger partial charge in [0.1, 0.15) is 0 Å². The molecule has 32 heavy (non-hydrogen) atoms. The summed E-state index contributed by atoms with van der Waals surface area (Å²) in [4.78, 5) is 12.6. The Morgan fingerprint density at radius 2 is 1.69 bits per heavy atom. The van der Waals surface area contributed by atoms with E-state index in [0.717, 1.165) is 14.3 Å². The fraction of sp³-hybridized carbons (Fsp3) is 0.0909. The molecule has 3 aromatic rings. The van der Waals surface area contributed by atoms with Gasteiger partial charge in [-0.15, -0.1) is 0 Å². The molecule has 0 aromatic heterocycles. The maximum atomic E-state index is 13.2. The molecule has 3 rings (SSSR count). The monoisotopic (exact) mass is 553 g/mol. The lowest BCUT2D eigenvalue weighted by Crippen LogP contribution is -2.39. The van der Waals surface area contributed by atoms with Crippen LogP contribution in [0.25, 0.3) is 0 Å². The topological polar surface area (TPSA) is 78.8 Å². The van der Waals surface area contributed by atoms with Crippen LogP contribution in [-0.4, -0.2) is 31.4 Å². The number of rotatable bonds is 8. The minimum absolute atomic E-state index is 0.0309. The van der Waals surface area contributed by atoms with Crippen LogP contribution in [0.2, 0.25) is 10.0 Å². The van der Waals surface area contributed by atoms with Crippen LogP contribution < -0.4 is 5.43 Å². The number of hydrogen-bond acceptors (Lipinski definition) is 4. The largest absolute Gasteiger partial charge is 0.272 e. The van der Waals surface area contributed by atoms with Crippen molar-refractivity contribution in [3.8, 4) is 0 Å². The number of benzene rings is 3. The van der Waals surface area contributed by atoms with Crippen molar-refractivity contribution in [2.24, 2.45) is 5.10 Å². The van der Waals surface area contributed by atoms with E-state index < -0.39 is 22.5 Å². The van der Waals surface area contributed by atoms with Crippen molar-refractivity contribution in [3.63, 3.8) is 0 Å². The molecule has 0 atom stereocenters. The Morgan fingerprint density at radius 3 is 2.34 bits per heavy atom. The van der Waals surface area contributed by atoms with Crippen LogP contribution in [0.15, 0.2) is 87.3 Å². The molecule has 0 bridgehead atoms. The van der Waals surface area contributed by atoms with Gasteiger partial charge in [-0.1, -0.05) is 75.5 Å². The van der Waals surface area contributed by atoms with Crippen LogP contribution in [-0.2, 0) is 21.4 Å². The molecule has 0 saturated heterocycles. The highest BCUT2D eigenvalue weighted by Crippen LogP contribution is 2.22. The molecule has 0 aliphatic rings. The van der Waals surface area contributed by atoms with Gasteiger partial charge in [-0.05, 0) is 47.5 Å². The maximum Gasteiger partial charge on any atom is 0.255 e. The number of halogens is 3. The molecule has 1 amide bonds. The van der Waals surface area contributed by atoms with Gasteiger partial charge in [-0.2, -0.15) is 9.41 Å². The second-order valence-electron chi connectivity index (χ2n) is 6.68. The van der Waals surface area contributed by atoms with E-state index in [2.05, 4.69) is 26.5 Å². The summed E-state index contributed by atoms with van der Waals surface area (Å²) in [6, 6.07) is 20.2. The Kier molecular flexibility index (Phi) is 8.44. The zero-order valence-corrected chi connectivity index (χ0v) is 20.5. The molecule has 10 heteroatoms. The summed E-state index contributed by atoms with van der Waals surface area (Å²) in [6.07, 6.45) is 1.39. The van der Waals surface area contributed by atoms with Crippen LogP contribution in [0.3, 0.4) is 0 Å². The van der Waals surface area contributed by atoms with Gasteiger partial charge in [0.15, 0.2) is 0 Å². The molecular weight excluding hydrogens is 537 g/mol. The first kappa shape index (κ1) is 24.4. The smallest absolute Gasteiger partial charge is 0.255 e. The van der Waals surface area contributed by atoms with Gasteiger partial charge in [0.25, 0.3) is 5.91 Å². The molecule has 0 saturated carbocycles. The van der Waals surface area contributed by atoms with E-state index in [4.69, 9.17) is 23.2 Å². The summed E-state index contributed by atoms with van der Waals surface area (Å²) in [7, 11) is -3.93. The number of sulfonamides is 1. The number of nitrogens with one attached hydrogen (secondary N) is 1. The second-order valence-corrected chi connectivity index (χ2v) is 10.3. The number of hydrazone groups is 1. The van der Waals surface area contributed by atoms with Crippen molar-refractivity contribution >= 4 is 61.3 Å². The molecule has 166 valence electrons. The highest BCUT2D eigenvalue weighted by molar-refractivity contribution is 9.10. The lowest BCUT2D eigenvalue weighted by atomic mass is 10.2. The number of carbonyl (C=O) groups excluding carboxylic acids is 1. The molecule has 0 radical (unpaired) electrons. The molecule has 0 heterocycles. The minimum Gasteiger partial charge on any atom is -0.272 e. The van der Waals surface area contributed by atoms with Gasteiger partial charge in [0.05, 0.1) is 27.7 Å². The van der Waals surface area contributed by atoms with Crippen molar-refractivity contribution in [1.82, 2.24) is 9.73 Å². The van der Waals surface area contributed by atoms with E-state index in [1.54, 1.807) is 54.6 Å². The Balaban J connectivity index is 1.77. The minimum atomic E-state index is -3.93. The predicted octanol–water partition coefficient (Wildman–Crippen LogP) is 5.10. The predicted molar refractivity (Wildman–Crippen MR) is 130 cm³/mol. The summed E-state index contributed by atoms with van der Waals surface area (Å²) in [5.41, 5.74) is 3.73. The molecule has 0 aliphatic heterocycles. The van der Waals surface area contributed by atoms with E-state index in [-0.39, 0.29) is 11.4 Å². The first-order valence-corrected chi connectivity index (χ1v) is 12.3. The Bertz CT molecular complexity index is 1220. The zero-order chi connectivity index (χ0) is 23.1. The fourth-order valence-corrected chi connectivity index (χ4v) is 4.69. The zero-order valence-electron chi connectivity index (χ0n) is 16.6. The highest BCUT2D eigenvalue weighted by Gasteiger charge is 2.26. The highest BCUT2D eigenvalue weighted by atomic mass is 79.9. The van der Waals surface area contributed by atoms with Gasteiger partial charge < -0.3 is 0 Å². The molecular formula is C22H18BrCl2N3O3S. The van der Waals surface area contributed by atoms with E-state index in [0.29, 0.717) is 15.6 Å². The van der Waals surface area contributed by atoms with Crippen molar-refractivity contribution in [1.29, 1.82) is 0 Å². The lowest BCUT2D eigenvalue weighted by Gasteiger charge is -2.21. The normalized spacial score (nSPS) is 11.8. The number of amides is 1. The third-order valence-corrected chi connectivity index (χ3v) is 7.39. The molecule has 0 aliphatic carbocycles. The second kappa shape index (κ2) is 11.1. The summed E-state index contributed by atoms with van der Waals surface area (Å²) < 4.78 is 28.3. The fourth-order valence-electron chi connectivity index (χ4n) is 2.74. The number of nitrogens with zero attached hydrogens (tertiary/aromatic N) is 2. The van der Waals surface area contributed by atoms with Crippen LogP contribution in [0.5, 0.6) is 0 Å². The van der Waals surface area contributed by atoms with Gasteiger partial charge in [0.2, 0.25) is 10.0 Å². The van der Waals surface area contributed by atoms with Gasteiger partial charge >= 0.3 is 0 Å². The van der Waals surface area contributed by atoms with Crippen LogP contribution >= 0.6 is 39.1 Å². The first-order valence-electron chi connectivity index (χ1n) is 9.32. The molecule has 3 aromatic carbocycles. The molecule has 0 fully saturated rings. The summed E-state index contributed by atoms with van der Waals surface area (Å²) in [6.45, 7) is -0.380. The summed E-state index contributed by atoms with van der Waals surface area (Å²) in [5, 5.41) is 4.65. The average molecular weight is 555 g/mol. The van der Waals surface area contributed by atoms with Gasteiger partial charge in [0, 0.05) is 11.0 Å². The number of hydrogen-bond donors (Lipinski definition) is 1. The Labute approximate surface area is 205 Å². The lowest BCUT2D eigenvalue weighted by molar-refractivity contribution is -0.121. The van der Waals surface area contributed by atoms with Crippen LogP contribution in [0, 0.1) is 0 Å². The van der Waals surface area contributed by atoms with Crippen molar-refractivity contribution in [2.75, 3.05) is 6.54 Å². The van der Waals surface area contributed by atoms with E-state index in [1.165, 1.54) is 18.3 Å². The van der Waals surface area contributed by atoms with Gasteiger partial charge in [-0.25, -0.2) is 13.8 Å². The van der Waals surface area contributed by atoms with Crippen molar-refractivity contribution in [3.05, 3.63) is 98.4 Å². The third kappa shape index (κ3) is 6.63. The first-order chi connectivity index (χ1) is 15.3. The van der Waals surface area contributed by atoms with E-state index >= 15 is 0 Å². The number of carbonyl (C=O) groups is 1. The van der Waals surface area contributed by atoms with Gasteiger partial charge in [-0.3, -0.25) is 4.79 Å². The molecule has 0 spiro atoms. The maximum absolute atomic E-state index is 13.2. The van der Waals surface area contributed by atoms with E-state index in [9.17, 15) is 13.2 Å².